The Morgan fingerprint density at radius 3 is 2.42 bits per heavy atom. The van der Waals surface area contributed by atoms with E-state index < -0.39 is 0 Å². The molecule has 6 heteroatoms. The van der Waals surface area contributed by atoms with Crippen LogP contribution in [0.4, 0.5) is 5.69 Å². The summed E-state index contributed by atoms with van der Waals surface area (Å²) in [4.78, 5) is 21.8. The van der Waals surface area contributed by atoms with Gasteiger partial charge in [-0.25, -0.2) is 0 Å². The number of rotatable bonds is 2. The van der Waals surface area contributed by atoms with E-state index in [4.69, 9.17) is 0 Å². The van der Waals surface area contributed by atoms with Crippen molar-refractivity contribution >= 4 is 50.5 Å². The van der Waals surface area contributed by atoms with Crippen molar-refractivity contribution in [3.63, 3.8) is 0 Å². The molecule has 4 nitrogen and oxygen atoms in total. The molecular weight excluding hydrogens is 410 g/mol. The molecule has 1 amide bonds. The van der Waals surface area contributed by atoms with E-state index in [0.29, 0.717) is 4.91 Å². The summed E-state index contributed by atoms with van der Waals surface area (Å²) in [6, 6.07) is 18.4. The second kappa shape index (κ2) is 7.68. The summed E-state index contributed by atoms with van der Waals surface area (Å²) in [6.45, 7) is 3.61. The molecule has 0 spiro atoms. The summed E-state index contributed by atoms with van der Waals surface area (Å²) >= 11 is 4.94. The van der Waals surface area contributed by atoms with Crippen LogP contribution in [0.1, 0.15) is 5.56 Å². The zero-order valence-electron chi connectivity index (χ0n) is 14.1. The number of para-hydroxylation sites is 1. The van der Waals surface area contributed by atoms with E-state index in [1.165, 1.54) is 17.4 Å². The van der Waals surface area contributed by atoms with Crippen LogP contribution in [-0.2, 0) is 4.79 Å². The third-order valence-electron chi connectivity index (χ3n) is 4.43. The number of carbonyl (C=O) groups is 1. The Labute approximate surface area is 165 Å². The lowest BCUT2D eigenvalue weighted by Gasteiger charge is -2.36. The molecule has 2 aromatic rings. The van der Waals surface area contributed by atoms with Crippen LogP contribution in [0.2, 0.25) is 0 Å². The molecule has 1 saturated heterocycles. The maximum atomic E-state index is 12.3. The minimum Gasteiger partial charge on any atom is -0.368 e. The van der Waals surface area contributed by atoms with Crippen LogP contribution in [0.15, 0.2) is 69.0 Å². The van der Waals surface area contributed by atoms with Crippen molar-refractivity contribution in [1.82, 2.24) is 4.90 Å². The van der Waals surface area contributed by atoms with E-state index in [9.17, 15) is 4.79 Å². The van der Waals surface area contributed by atoms with Gasteiger partial charge in [0, 0.05) is 36.3 Å². The summed E-state index contributed by atoms with van der Waals surface area (Å²) in [6.07, 6.45) is 1.91. The highest BCUT2D eigenvalue weighted by atomic mass is 79.9. The first-order chi connectivity index (χ1) is 12.7. The monoisotopic (exact) mass is 427 g/mol. The number of nitrogens with zero attached hydrogens (tertiary/aromatic N) is 3. The standard InChI is InChI=1S/C20H18BrN3OS/c21-16-6-4-5-15(13-16)14-18-19(25)22-20(26-18)24-11-9-23(10-12-24)17-7-2-1-3-8-17/h1-8,13-14H,9-12H2/b18-14+. The average Bonchev–Trinajstić information content (AvgIpc) is 3.03. The van der Waals surface area contributed by atoms with Crippen molar-refractivity contribution in [3.05, 3.63) is 69.5 Å². The molecule has 26 heavy (non-hydrogen) atoms. The molecule has 0 radical (unpaired) electrons. The first-order valence-corrected chi connectivity index (χ1v) is 10.1. The maximum absolute atomic E-state index is 12.3. The zero-order chi connectivity index (χ0) is 17.9. The molecule has 2 heterocycles. The number of thioether (sulfide) groups is 1. The molecule has 0 N–H and O–H groups in total. The van der Waals surface area contributed by atoms with Crippen LogP contribution < -0.4 is 4.90 Å². The fourth-order valence-electron chi connectivity index (χ4n) is 3.08. The highest BCUT2D eigenvalue weighted by Crippen LogP contribution is 2.31. The molecular formula is C20H18BrN3OS. The van der Waals surface area contributed by atoms with Gasteiger partial charge < -0.3 is 9.80 Å². The highest BCUT2D eigenvalue weighted by Gasteiger charge is 2.28. The number of benzene rings is 2. The number of amidine groups is 1. The quantitative estimate of drug-likeness (QED) is 0.671. The molecule has 2 aliphatic rings. The molecule has 132 valence electrons. The van der Waals surface area contributed by atoms with Crippen LogP contribution in [0.3, 0.4) is 0 Å². The molecule has 4 rings (SSSR count). The molecule has 0 unspecified atom stereocenters. The van der Waals surface area contributed by atoms with E-state index in [1.807, 2.05) is 36.4 Å². The first kappa shape index (κ1) is 17.4. The fourth-order valence-corrected chi connectivity index (χ4v) is 4.46. The van der Waals surface area contributed by atoms with Crippen LogP contribution >= 0.6 is 27.7 Å². The lowest BCUT2D eigenvalue weighted by atomic mass is 10.2. The van der Waals surface area contributed by atoms with Crippen LogP contribution in [0, 0.1) is 0 Å². The second-order valence-electron chi connectivity index (χ2n) is 6.17. The number of carbonyl (C=O) groups excluding carboxylic acids is 1. The molecule has 0 bridgehead atoms. The number of halogens is 1. The van der Waals surface area contributed by atoms with Gasteiger partial charge in [-0.15, -0.1) is 0 Å². The average molecular weight is 428 g/mol. The van der Waals surface area contributed by atoms with E-state index in [2.05, 4.69) is 55.0 Å². The summed E-state index contributed by atoms with van der Waals surface area (Å²) in [5.74, 6) is -0.143. The van der Waals surface area contributed by atoms with Gasteiger partial charge in [0.2, 0.25) is 0 Å². The Kier molecular flexibility index (Phi) is 5.13. The minimum atomic E-state index is -0.143. The number of piperazine rings is 1. The Morgan fingerprint density at radius 2 is 1.69 bits per heavy atom. The topological polar surface area (TPSA) is 35.9 Å². The van der Waals surface area contributed by atoms with E-state index >= 15 is 0 Å². The zero-order valence-corrected chi connectivity index (χ0v) is 16.5. The number of hydrogen-bond donors (Lipinski definition) is 0. The summed E-state index contributed by atoms with van der Waals surface area (Å²) in [7, 11) is 0. The van der Waals surface area contributed by atoms with E-state index in [0.717, 1.165) is 41.4 Å². The Morgan fingerprint density at radius 1 is 0.962 bits per heavy atom. The molecule has 0 atom stereocenters. The van der Waals surface area contributed by atoms with Crippen LogP contribution in [0.25, 0.3) is 6.08 Å². The minimum absolute atomic E-state index is 0.143. The largest absolute Gasteiger partial charge is 0.368 e. The summed E-state index contributed by atoms with van der Waals surface area (Å²) < 4.78 is 1.00. The van der Waals surface area contributed by atoms with Gasteiger partial charge in [-0.1, -0.05) is 46.3 Å². The van der Waals surface area contributed by atoms with Gasteiger partial charge in [-0.3, -0.25) is 4.79 Å². The van der Waals surface area contributed by atoms with Gasteiger partial charge in [0.05, 0.1) is 4.91 Å². The van der Waals surface area contributed by atoms with Gasteiger partial charge in [-0.2, -0.15) is 4.99 Å². The Hall–Kier alpha value is -2.05. The van der Waals surface area contributed by atoms with Gasteiger partial charge in [-0.05, 0) is 47.7 Å². The smallest absolute Gasteiger partial charge is 0.286 e. The Bertz CT molecular complexity index is 874. The van der Waals surface area contributed by atoms with Crippen LogP contribution in [-0.4, -0.2) is 42.2 Å². The number of anilines is 1. The van der Waals surface area contributed by atoms with Crippen LogP contribution in [0.5, 0.6) is 0 Å². The van der Waals surface area contributed by atoms with Gasteiger partial charge in [0.1, 0.15) is 0 Å². The van der Waals surface area contributed by atoms with Crippen molar-refractivity contribution < 1.29 is 4.79 Å². The van der Waals surface area contributed by atoms with Crippen molar-refractivity contribution in [3.8, 4) is 0 Å². The lowest BCUT2D eigenvalue weighted by molar-refractivity contribution is -0.113. The molecule has 1 fully saturated rings. The number of aliphatic imine (C=N–C) groups is 1. The molecule has 0 aromatic heterocycles. The predicted molar refractivity (Wildman–Crippen MR) is 112 cm³/mol. The maximum Gasteiger partial charge on any atom is 0.286 e. The van der Waals surface area contributed by atoms with Crippen molar-refractivity contribution in [2.75, 3.05) is 31.1 Å². The lowest BCUT2D eigenvalue weighted by Crippen LogP contribution is -2.47. The first-order valence-electron chi connectivity index (χ1n) is 8.52. The number of amides is 1. The summed E-state index contributed by atoms with van der Waals surface area (Å²) in [5, 5.41) is 0.823. The molecule has 2 aliphatic heterocycles. The van der Waals surface area contributed by atoms with Gasteiger partial charge in [0.25, 0.3) is 5.91 Å². The summed E-state index contributed by atoms with van der Waals surface area (Å²) in [5.41, 5.74) is 2.25. The number of hydrogen-bond acceptors (Lipinski definition) is 4. The van der Waals surface area contributed by atoms with Gasteiger partial charge >= 0.3 is 0 Å². The van der Waals surface area contributed by atoms with E-state index in [1.54, 1.807) is 0 Å². The second-order valence-corrected chi connectivity index (χ2v) is 8.10. The van der Waals surface area contributed by atoms with E-state index in [-0.39, 0.29) is 5.91 Å². The fraction of sp³-hybridized carbons (Fsp3) is 0.200. The molecule has 0 saturated carbocycles. The SMILES string of the molecule is O=C1N=C(N2CCN(c3ccccc3)CC2)S/C1=C/c1cccc(Br)c1. The molecule has 2 aromatic carbocycles. The third-order valence-corrected chi connectivity index (χ3v) is 5.96. The normalized spacial score (nSPS) is 19.2. The third kappa shape index (κ3) is 3.86. The predicted octanol–water partition coefficient (Wildman–Crippen LogP) is 4.24. The molecule has 0 aliphatic carbocycles. The van der Waals surface area contributed by atoms with Crippen molar-refractivity contribution in [2.45, 2.75) is 0 Å². The highest BCUT2D eigenvalue weighted by molar-refractivity contribution is 9.10. The van der Waals surface area contributed by atoms with Crippen molar-refractivity contribution in [1.29, 1.82) is 0 Å². The van der Waals surface area contributed by atoms with Gasteiger partial charge in [0.15, 0.2) is 5.17 Å². The van der Waals surface area contributed by atoms with Crippen molar-refractivity contribution in [2.24, 2.45) is 4.99 Å². The Balaban J connectivity index is 1.41.